The molecule has 0 aliphatic heterocycles. The summed E-state index contributed by atoms with van der Waals surface area (Å²) in [7, 11) is 0. The van der Waals surface area contributed by atoms with Crippen LogP contribution in [-0.2, 0) is 0 Å². The van der Waals surface area contributed by atoms with Crippen molar-refractivity contribution in [2.45, 2.75) is 31.3 Å². The number of benzene rings is 6. The Kier molecular flexibility index (Phi) is 7.99. The van der Waals surface area contributed by atoms with Gasteiger partial charge in [0.2, 0.25) is 0 Å². The molecule has 2 unspecified atom stereocenters. The molecule has 0 N–H and O–H groups in total. The van der Waals surface area contributed by atoms with Gasteiger partial charge in [-0.1, -0.05) is 134 Å². The largest absolute Gasteiger partial charge is 0.358 e. The van der Waals surface area contributed by atoms with Gasteiger partial charge in [0, 0.05) is 28.8 Å². The lowest BCUT2D eigenvalue weighted by atomic mass is 9.99. The van der Waals surface area contributed by atoms with Crippen LogP contribution < -0.4 is 9.80 Å². The molecule has 0 saturated heterocycles. The van der Waals surface area contributed by atoms with E-state index in [1.807, 2.05) is 0 Å². The van der Waals surface area contributed by atoms with Gasteiger partial charge in [0.1, 0.15) is 0 Å². The Morgan fingerprint density at radius 3 is 1.81 bits per heavy atom. The maximum Gasteiger partial charge on any atom is 0.0516 e. The van der Waals surface area contributed by atoms with Crippen molar-refractivity contribution in [2.75, 3.05) is 9.80 Å². The third-order valence-electron chi connectivity index (χ3n) is 9.49. The third kappa shape index (κ3) is 6.03. The normalized spacial score (nSPS) is 17.4. The fraction of sp³-hybridized carbons (Fsp3) is 0.111. The van der Waals surface area contributed by atoms with Gasteiger partial charge in [-0.15, -0.1) is 0 Å². The number of para-hydroxylation sites is 1. The molecular formula is C45H38N2. The van der Waals surface area contributed by atoms with Crippen molar-refractivity contribution in [2.24, 2.45) is 0 Å². The van der Waals surface area contributed by atoms with Crippen molar-refractivity contribution in [1.29, 1.82) is 0 Å². The minimum absolute atomic E-state index is 0.298. The Morgan fingerprint density at radius 1 is 0.489 bits per heavy atom. The van der Waals surface area contributed by atoms with Gasteiger partial charge in [0.25, 0.3) is 0 Å². The lowest BCUT2D eigenvalue weighted by Gasteiger charge is -2.38. The first-order valence-electron chi connectivity index (χ1n) is 16.7. The molecule has 0 radical (unpaired) electrons. The maximum atomic E-state index is 2.63. The van der Waals surface area contributed by atoms with Gasteiger partial charge in [0.15, 0.2) is 0 Å². The molecule has 6 aromatic carbocycles. The highest BCUT2D eigenvalue weighted by atomic mass is 15.2. The Labute approximate surface area is 277 Å². The number of nitrogens with zero attached hydrogens (tertiary/aromatic N) is 2. The number of hydrogen-bond donors (Lipinski definition) is 0. The molecule has 2 nitrogen and oxygen atoms in total. The van der Waals surface area contributed by atoms with Gasteiger partial charge >= 0.3 is 0 Å². The molecule has 6 aromatic rings. The van der Waals surface area contributed by atoms with E-state index in [-0.39, 0.29) is 0 Å². The SMILES string of the molecule is C1=CCC(N(c2ccc3ccccc3c2)C2C=CC(c3ccc(N(c4ccccc4)c4ccc5ccccc5c4)cc3)=CCC2)C=C1. The molecule has 0 saturated carbocycles. The molecule has 2 aliphatic carbocycles. The van der Waals surface area contributed by atoms with E-state index in [1.54, 1.807) is 0 Å². The molecule has 228 valence electrons. The van der Waals surface area contributed by atoms with Crippen molar-refractivity contribution in [3.63, 3.8) is 0 Å². The lowest BCUT2D eigenvalue weighted by Crippen LogP contribution is -2.41. The minimum Gasteiger partial charge on any atom is -0.358 e. The highest BCUT2D eigenvalue weighted by molar-refractivity contribution is 5.90. The standard InChI is InChI=1S/C45H38N2/c1-3-17-40(18-4-1)46(44-30-25-35-12-7-9-14-38(35)32-44)42-21-11-16-34(22-27-42)37-23-28-43(29-24-37)47(41-19-5-2-6-20-41)45-31-26-36-13-8-10-15-39(36)33-45/h1-10,12-17,19-20,22-33,40,42H,11,18,21H2. The average Bonchev–Trinajstić information content (AvgIpc) is 3.39. The topological polar surface area (TPSA) is 6.48 Å². The van der Waals surface area contributed by atoms with E-state index < -0.39 is 0 Å². The molecule has 2 atom stereocenters. The van der Waals surface area contributed by atoms with Crippen LogP contribution in [0, 0.1) is 0 Å². The second-order valence-corrected chi connectivity index (χ2v) is 12.5. The van der Waals surface area contributed by atoms with Crippen LogP contribution in [0.25, 0.3) is 27.1 Å². The molecule has 2 aliphatic rings. The molecule has 0 aromatic heterocycles. The molecule has 0 fully saturated rings. The van der Waals surface area contributed by atoms with E-state index in [0.717, 1.165) is 36.3 Å². The van der Waals surface area contributed by atoms with Gasteiger partial charge in [-0.3, -0.25) is 0 Å². The molecule has 8 rings (SSSR count). The van der Waals surface area contributed by atoms with E-state index in [1.165, 1.54) is 38.4 Å². The summed E-state index contributed by atoms with van der Waals surface area (Å²) in [5, 5.41) is 5.06. The summed E-state index contributed by atoms with van der Waals surface area (Å²) < 4.78 is 0. The van der Waals surface area contributed by atoms with Crippen molar-refractivity contribution < 1.29 is 0 Å². The quantitative estimate of drug-likeness (QED) is 0.178. The van der Waals surface area contributed by atoms with Gasteiger partial charge in [-0.2, -0.15) is 0 Å². The van der Waals surface area contributed by atoms with Crippen LogP contribution in [-0.4, -0.2) is 12.1 Å². The summed E-state index contributed by atoms with van der Waals surface area (Å²) in [6.07, 6.45) is 19.3. The maximum absolute atomic E-state index is 2.63. The molecule has 0 bridgehead atoms. The molecule has 47 heavy (non-hydrogen) atoms. The first-order valence-corrected chi connectivity index (χ1v) is 16.7. The second kappa shape index (κ2) is 13.0. The first kappa shape index (κ1) is 28.8. The molecule has 0 spiro atoms. The summed E-state index contributed by atoms with van der Waals surface area (Å²) in [5.41, 5.74) is 7.26. The van der Waals surface area contributed by atoms with Gasteiger partial charge in [0.05, 0.1) is 6.04 Å². The number of fused-ring (bicyclic) bond motifs is 2. The Morgan fingerprint density at radius 2 is 1.11 bits per heavy atom. The van der Waals surface area contributed by atoms with Crippen molar-refractivity contribution in [3.05, 3.63) is 188 Å². The highest BCUT2D eigenvalue weighted by Crippen LogP contribution is 2.37. The van der Waals surface area contributed by atoms with Gasteiger partial charge in [-0.05, 0) is 100 Å². The second-order valence-electron chi connectivity index (χ2n) is 12.5. The zero-order valence-electron chi connectivity index (χ0n) is 26.5. The number of allylic oxidation sites excluding steroid dienone is 5. The van der Waals surface area contributed by atoms with Crippen LogP contribution in [0.1, 0.15) is 24.8 Å². The Bertz CT molecular complexity index is 2140. The fourth-order valence-corrected chi connectivity index (χ4v) is 7.12. The average molecular weight is 607 g/mol. The number of anilines is 4. The highest BCUT2D eigenvalue weighted by Gasteiger charge is 2.25. The summed E-state index contributed by atoms with van der Waals surface area (Å²) in [6.45, 7) is 0. The smallest absolute Gasteiger partial charge is 0.0516 e. The third-order valence-corrected chi connectivity index (χ3v) is 9.49. The summed E-state index contributed by atoms with van der Waals surface area (Å²) in [6, 6.07) is 51.2. The van der Waals surface area contributed by atoms with Gasteiger partial charge < -0.3 is 9.80 Å². The van der Waals surface area contributed by atoms with E-state index >= 15 is 0 Å². The zero-order valence-corrected chi connectivity index (χ0v) is 26.5. The van der Waals surface area contributed by atoms with E-state index in [2.05, 4.69) is 192 Å². The van der Waals surface area contributed by atoms with Crippen LogP contribution in [0.15, 0.2) is 182 Å². The van der Waals surface area contributed by atoms with Crippen LogP contribution >= 0.6 is 0 Å². The minimum atomic E-state index is 0.298. The number of hydrogen-bond acceptors (Lipinski definition) is 2. The Balaban J connectivity index is 1.09. The van der Waals surface area contributed by atoms with Crippen LogP contribution in [0.4, 0.5) is 22.7 Å². The van der Waals surface area contributed by atoms with Crippen molar-refractivity contribution in [1.82, 2.24) is 0 Å². The fourth-order valence-electron chi connectivity index (χ4n) is 7.12. The van der Waals surface area contributed by atoms with E-state index in [4.69, 9.17) is 0 Å². The molecular weight excluding hydrogens is 569 g/mol. The van der Waals surface area contributed by atoms with E-state index in [9.17, 15) is 0 Å². The molecule has 2 heteroatoms. The van der Waals surface area contributed by atoms with Crippen LogP contribution in [0.2, 0.25) is 0 Å². The van der Waals surface area contributed by atoms with Crippen LogP contribution in [0.3, 0.4) is 0 Å². The van der Waals surface area contributed by atoms with Gasteiger partial charge in [-0.25, -0.2) is 0 Å². The van der Waals surface area contributed by atoms with Crippen molar-refractivity contribution in [3.8, 4) is 0 Å². The first-order chi connectivity index (χ1) is 23.3. The van der Waals surface area contributed by atoms with E-state index in [0.29, 0.717) is 12.1 Å². The predicted molar refractivity (Wildman–Crippen MR) is 202 cm³/mol. The summed E-state index contributed by atoms with van der Waals surface area (Å²) >= 11 is 0. The molecule has 0 heterocycles. The monoisotopic (exact) mass is 606 g/mol. The summed E-state index contributed by atoms with van der Waals surface area (Å²) in [5.74, 6) is 0. The van der Waals surface area contributed by atoms with Crippen LogP contribution in [0.5, 0.6) is 0 Å². The lowest BCUT2D eigenvalue weighted by molar-refractivity contribution is 0.588. The summed E-state index contributed by atoms with van der Waals surface area (Å²) in [4.78, 5) is 4.97. The Hall–Kier alpha value is -5.60. The van der Waals surface area contributed by atoms with Crippen molar-refractivity contribution >= 4 is 49.9 Å². The predicted octanol–water partition coefficient (Wildman–Crippen LogP) is 12.0. The molecule has 0 amide bonds. The zero-order chi connectivity index (χ0) is 31.4. The number of rotatable bonds is 7.